The lowest BCUT2D eigenvalue weighted by atomic mass is 9.96. The zero-order valence-electron chi connectivity index (χ0n) is 56.3. The van der Waals surface area contributed by atoms with Crippen LogP contribution in [0.4, 0.5) is 8.63 Å². The van der Waals surface area contributed by atoms with E-state index in [1.165, 1.54) is 161 Å². The van der Waals surface area contributed by atoms with Crippen LogP contribution in [0.2, 0.25) is 0 Å². The predicted octanol–water partition coefficient (Wildman–Crippen LogP) is 11.5. The lowest BCUT2D eigenvalue weighted by Gasteiger charge is -2.46. The van der Waals surface area contributed by atoms with Gasteiger partial charge in [0.15, 0.2) is 12.6 Å². The smallest absolute Gasteiger partial charge is 0.394 e. The van der Waals surface area contributed by atoms with Crippen LogP contribution >= 0.6 is 0 Å². The van der Waals surface area contributed by atoms with Crippen LogP contribution < -0.4 is 10.6 Å². The molecule has 4 rings (SSSR count). The summed E-state index contributed by atoms with van der Waals surface area (Å²) in [6, 6.07) is 0.452. The Bertz CT molecular complexity index is 2190. The van der Waals surface area contributed by atoms with Crippen molar-refractivity contribution in [1.82, 2.24) is 15.1 Å². The highest BCUT2D eigenvalue weighted by Gasteiger charge is 2.51. The number of nitrogens with one attached hydrogen (secondary N) is 2. The molecule has 0 aliphatic carbocycles. The van der Waals surface area contributed by atoms with Crippen LogP contribution in [-0.4, -0.2) is 170 Å². The van der Waals surface area contributed by atoms with Gasteiger partial charge in [0.2, 0.25) is 11.8 Å². The summed E-state index contributed by atoms with van der Waals surface area (Å²) >= 11 is 0. The minimum atomic E-state index is -2.74. The second kappa shape index (κ2) is 47.7. The van der Waals surface area contributed by atoms with Gasteiger partial charge in [-0.25, -0.2) is 0 Å². The Hall–Kier alpha value is -3.19. The molecule has 0 bridgehead atoms. The summed E-state index contributed by atoms with van der Waals surface area (Å²) in [7, 11) is -2.74. The molecule has 3 aliphatic rings. The number of ether oxygens (including phenoxy) is 4. The third-order valence-electron chi connectivity index (χ3n) is 18.5. The maximum Gasteiger partial charge on any atom is 0.677 e. The number of aryl methyl sites for hydroxylation is 2. The minimum absolute atomic E-state index is 0.0728. The zero-order valence-corrected chi connectivity index (χ0v) is 56.3. The fourth-order valence-electron chi connectivity index (χ4n) is 12.7. The Morgan fingerprint density at radius 2 is 1.09 bits per heavy atom. The summed E-state index contributed by atoms with van der Waals surface area (Å²) in [5.41, 5.74) is 2.36. The van der Waals surface area contributed by atoms with Crippen LogP contribution in [0.3, 0.4) is 0 Å². The SMILES string of the molecule is CCCCCCCCCCCCCCCCCCCCCCCCCC(=O)N[C@@H](COC1OC(CNC(=O)CCC2=N/C(=C\c3c(C)cc(C)n3B(F)F)C=C2)C(O)C(O)C1OC1OC(CO)C(O)C(O)C1O)[C@H](O)[C@H](O)CCCCCCCCCCCCCC. The third kappa shape index (κ3) is 31.1. The largest absolute Gasteiger partial charge is 0.677 e. The summed E-state index contributed by atoms with van der Waals surface area (Å²) in [6.45, 7) is 6.17. The molecule has 3 aliphatic heterocycles. The Kier molecular flexibility index (Phi) is 42.0. The van der Waals surface area contributed by atoms with E-state index in [1.54, 1.807) is 38.1 Å². The van der Waals surface area contributed by atoms with Gasteiger partial charge >= 0.3 is 7.40 Å². The number of carbonyl (C=O) groups is 2. The maximum atomic E-state index is 13.9. The molecule has 1 aromatic heterocycles. The van der Waals surface area contributed by atoms with Gasteiger partial charge in [-0.05, 0) is 63.0 Å². The number of aromatic nitrogens is 1. The minimum Gasteiger partial charge on any atom is -0.394 e. The van der Waals surface area contributed by atoms with Crippen molar-refractivity contribution in [3.05, 3.63) is 40.9 Å². The van der Waals surface area contributed by atoms with E-state index in [1.807, 2.05) is 0 Å². The van der Waals surface area contributed by atoms with Gasteiger partial charge in [0.1, 0.15) is 54.9 Å². The summed E-state index contributed by atoms with van der Waals surface area (Å²) in [4.78, 5) is 31.5. The molecule has 2 amide bonds. The standard InChI is InChI=1S/C70H123BF2N4O14/c1-5-7-9-11-13-15-17-19-20-21-22-23-24-25-26-27-28-29-31-33-35-37-39-41-61(81)76-55(62(82)57(79)40-38-36-34-32-30-18-16-14-12-10-8-6-2)50-88-70-68(91-69-67(87)65(85)64(84)59(49-78)90-69)66(86)63(83)58(89-70)48-74-60(80)45-44-53-42-43-54(75-53)47-56-51(3)46-52(4)77(56)71(72)73/h42-43,46-47,55,57-59,62-70,78-79,82-87H,5-41,44-45,48-50H2,1-4H3,(H,74,80)(H,76,81)/b54-47-/t55-,57+,58?,59?,62-,63?,64?,65?,66?,67?,68?,69?,70?/m0/s1. The third-order valence-corrected chi connectivity index (χ3v) is 18.5. The molecule has 1 aromatic rings. The molecular formula is C70H123BF2N4O14. The molecular weight excluding hydrogens is 1170 g/mol. The van der Waals surface area contributed by atoms with E-state index < -0.39 is 106 Å². The first-order valence-corrected chi connectivity index (χ1v) is 36.0. The quantitative estimate of drug-likeness (QED) is 0.0215. The van der Waals surface area contributed by atoms with E-state index >= 15 is 0 Å². The number of nitrogens with zero attached hydrogens (tertiary/aromatic N) is 2. The van der Waals surface area contributed by atoms with Crippen LogP contribution in [-0.2, 0) is 28.5 Å². The lowest BCUT2D eigenvalue weighted by Crippen LogP contribution is -2.65. The van der Waals surface area contributed by atoms with Crippen LogP contribution in [0.1, 0.15) is 281 Å². The van der Waals surface area contributed by atoms with E-state index in [2.05, 4.69) is 29.5 Å². The molecule has 4 heterocycles. The van der Waals surface area contributed by atoms with E-state index in [0.29, 0.717) is 41.2 Å². The molecule has 13 atom stereocenters. The highest BCUT2D eigenvalue weighted by Crippen LogP contribution is 2.31. The highest BCUT2D eigenvalue weighted by molar-refractivity contribution is 6.41. The predicted molar refractivity (Wildman–Crippen MR) is 355 cm³/mol. The van der Waals surface area contributed by atoms with Crippen molar-refractivity contribution in [2.45, 2.75) is 358 Å². The van der Waals surface area contributed by atoms with Gasteiger partial charge in [-0.3, -0.25) is 23.2 Å². The fourth-order valence-corrected chi connectivity index (χ4v) is 12.7. The average Bonchev–Trinajstić information content (AvgIpc) is 1.02. The molecule has 0 spiro atoms. The number of carbonyl (C=O) groups excluding carboxylic acids is 2. The van der Waals surface area contributed by atoms with Gasteiger partial charge < -0.3 is 74.9 Å². The molecule has 524 valence electrons. The molecule has 0 radical (unpaired) electrons. The van der Waals surface area contributed by atoms with Crippen LogP contribution in [0.25, 0.3) is 6.08 Å². The summed E-state index contributed by atoms with van der Waals surface area (Å²) < 4.78 is 52.6. The van der Waals surface area contributed by atoms with E-state index in [0.717, 1.165) is 55.8 Å². The van der Waals surface area contributed by atoms with E-state index in [4.69, 9.17) is 18.9 Å². The first-order chi connectivity index (χ1) is 44.0. The number of halogens is 2. The number of aliphatic hydroxyl groups is 8. The Labute approximate surface area is 545 Å². The van der Waals surface area contributed by atoms with Gasteiger partial charge in [-0.15, -0.1) is 0 Å². The molecule has 91 heavy (non-hydrogen) atoms. The first-order valence-electron chi connectivity index (χ1n) is 36.0. The fraction of sp³-hybridized carbons (Fsp3) is 0.843. The van der Waals surface area contributed by atoms with Gasteiger partial charge in [0.05, 0.1) is 31.1 Å². The molecule has 2 fully saturated rings. The number of unbranched alkanes of at least 4 members (excludes halogenated alkanes) is 33. The molecule has 0 saturated carbocycles. The van der Waals surface area contributed by atoms with Crippen molar-refractivity contribution in [2.75, 3.05) is 19.8 Å². The van der Waals surface area contributed by atoms with E-state index in [-0.39, 0.29) is 38.1 Å². The average molecular weight is 1290 g/mol. The van der Waals surface area contributed by atoms with Crippen molar-refractivity contribution >= 4 is 31.0 Å². The van der Waals surface area contributed by atoms with Crippen LogP contribution in [0, 0.1) is 13.8 Å². The normalized spacial score (nSPS) is 24.0. The highest BCUT2D eigenvalue weighted by atomic mass is 19.2. The topological polar surface area (TPSA) is 274 Å². The second-order valence-corrected chi connectivity index (χ2v) is 26.4. The van der Waals surface area contributed by atoms with Gasteiger partial charge in [-0.1, -0.05) is 232 Å². The van der Waals surface area contributed by atoms with Crippen molar-refractivity contribution in [3.63, 3.8) is 0 Å². The Balaban J connectivity index is 1.32. The number of aliphatic hydroxyl groups excluding tert-OH is 8. The lowest BCUT2D eigenvalue weighted by molar-refractivity contribution is -0.366. The van der Waals surface area contributed by atoms with Crippen molar-refractivity contribution < 1.29 is 78.0 Å². The zero-order chi connectivity index (χ0) is 66.2. The molecule has 18 nitrogen and oxygen atoms in total. The summed E-state index contributed by atoms with van der Waals surface area (Å²) in [5.74, 6) is -0.857. The van der Waals surface area contributed by atoms with Crippen molar-refractivity contribution in [3.8, 4) is 0 Å². The monoisotopic (exact) mass is 1290 g/mol. The molecule has 2 saturated heterocycles. The number of rotatable bonds is 53. The first kappa shape index (κ1) is 80.2. The second-order valence-electron chi connectivity index (χ2n) is 26.4. The molecule has 10 N–H and O–H groups in total. The number of amides is 2. The van der Waals surface area contributed by atoms with Gasteiger partial charge in [0, 0.05) is 36.5 Å². The number of hydrogen-bond acceptors (Lipinski definition) is 15. The van der Waals surface area contributed by atoms with Crippen molar-refractivity contribution in [1.29, 1.82) is 0 Å². The molecule has 21 heteroatoms. The molecule has 0 aromatic carbocycles. The maximum absolute atomic E-state index is 13.9. The Morgan fingerprint density at radius 1 is 0.615 bits per heavy atom. The number of allylic oxidation sites excluding steroid dienone is 2. The van der Waals surface area contributed by atoms with Gasteiger partial charge in [-0.2, -0.15) is 0 Å². The van der Waals surface area contributed by atoms with Gasteiger partial charge in [0.25, 0.3) is 0 Å². The Morgan fingerprint density at radius 3 is 1.58 bits per heavy atom. The number of hydrogen-bond donors (Lipinski definition) is 10. The number of aliphatic imine (C=N–C) groups is 1. The van der Waals surface area contributed by atoms with Crippen LogP contribution in [0.5, 0.6) is 0 Å². The van der Waals surface area contributed by atoms with Crippen molar-refractivity contribution in [2.24, 2.45) is 4.99 Å². The molecule has 10 unspecified atom stereocenters. The van der Waals surface area contributed by atoms with E-state index in [9.17, 15) is 59.1 Å². The summed E-state index contributed by atoms with van der Waals surface area (Å²) in [6.07, 6.45) is 27.9. The summed E-state index contributed by atoms with van der Waals surface area (Å²) in [5, 5.41) is 94.0. The van der Waals surface area contributed by atoms with Crippen LogP contribution in [0.15, 0.2) is 28.9 Å².